The fraction of sp³-hybridized carbons (Fsp3) is 0.588. The zero-order valence-corrected chi connectivity index (χ0v) is 13.6. The van der Waals surface area contributed by atoms with Gasteiger partial charge in [-0.3, -0.25) is 4.79 Å². The number of likely N-dealkylation sites (N-methyl/N-ethyl adjacent to an activating group) is 1. The molecular formula is C17H29N3O. The topological polar surface area (TPSA) is 58.4 Å². The number of primary amides is 1. The largest absolute Gasteiger partial charge is 0.368 e. The molecule has 118 valence electrons. The van der Waals surface area contributed by atoms with E-state index in [-0.39, 0.29) is 5.91 Å². The summed E-state index contributed by atoms with van der Waals surface area (Å²) < 4.78 is 0. The van der Waals surface area contributed by atoms with E-state index in [1.54, 1.807) is 0 Å². The molecule has 1 rings (SSSR count). The van der Waals surface area contributed by atoms with Gasteiger partial charge in [0.05, 0.1) is 0 Å². The number of rotatable bonds is 10. The van der Waals surface area contributed by atoms with Gasteiger partial charge in [-0.25, -0.2) is 0 Å². The summed E-state index contributed by atoms with van der Waals surface area (Å²) in [6.45, 7) is 10.0. The molecule has 1 unspecified atom stereocenters. The monoisotopic (exact) mass is 291 g/mol. The van der Waals surface area contributed by atoms with Crippen LogP contribution in [0.4, 0.5) is 0 Å². The summed E-state index contributed by atoms with van der Waals surface area (Å²) in [5, 5.41) is 3.41. The van der Waals surface area contributed by atoms with E-state index in [4.69, 9.17) is 5.73 Å². The summed E-state index contributed by atoms with van der Waals surface area (Å²) in [5.74, 6) is -0.270. The van der Waals surface area contributed by atoms with Crippen molar-refractivity contribution in [1.29, 1.82) is 0 Å². The minimum Gasteiger partial charge on any atom is -0.368 e. The number of nitrogens with one attached hydrogen (secondary N) is 1. The van der Waals surface area contributed by atoms with E-state index in [1.807, 2.05) is 37.3 Å². The van der Waals surface area contributed by atoms with E-state index in [0.29, 0.717) is 12.8 Å². The van der Waals surface area contributed by atoms with Crippen LogP contribution in [0.5, 0.6) is 0 Å². The summed E-state index contributed by atoms with van der Waals surface area (Å²) in [4.78, 5) is 14.3. The van der Waals surface area contributed by atoms with Crippen molar-refractivity contribution in [3.05, 3.63) is 35.9 Å². The zero-order valence-electron chi connectivity index (χ0n) is 13.6. The molecule has 1 aromatic rings. The molecule has 0 spiro atoms. The Morgan fingerprint density at radius 1 is 1.19 bits per heavy atom. The summed E-state index contributed by atoms with van der Waals surface area (Å²) in [6.07, 6.45) is 1.33. The molecule has 0 radical (unpaired) electrons. The van der Waals surface area contributed by atoms with Crippen molar-refractivity contribution in [2.45, 2.75) is 39.2 Å². The van der Waals surface area contributed by atoms with Crippen molar-refractivity contribution in [3.63, 3.8) is 0 Å². The Balaban J connectivity index is 2.72. The molecule has 0 aliphatic heterocycles. The van der Waals surface area contributed by atoms with Gasteiger partial charge in [0, 0.05) is 13.1 Å². The predicted octanol–water partition coefficient (Wildman–Crippen LogP) is 1.79. The number of carbonyl (C=O) groups is 1. The van der Waals surface area contributed by atoms with E-state index in [2.05, 4.69) is 24.1 Å². The quantitative estimate of drug-likeness (QED) is 0.691. The minimum atomic E-state index is -0.658. The fourth-order valence-electron chi connectivity index (χ4n) is 2.60. The lowest BCUT2D eigenvalue weighted by Crippen LogP contribution is -2.58. The summed E-state index contributed by atoms with van der Waals surface area (Å²) in [7, 11) is 0. The molecule has 0 saturated heterocycles. The van der Waals surface area contributed by atoms with E-state index in [9.17, 15) is 4.79 Å². The van der Waals surface area contributed by atoms with Crippen LogP contribution in [0.2, 0.25) is 0 Å². The highest BCUT2D eigenvalue weighted by atomic mass is 16.1. The Hall–Kier alpha value is -1.39. The lowest BCUT2D eigenvalue weighted by molar-refractivity contribution is -0.124. The molecular weight excluding hydrogens is 262 g/mol. The van der Waals surface area contributed by atoms with Gasteiger partial charge in [-0.15, -0.1) is 0 Å². The first kappa shape index (κ1) is 17.7. The number of nitrogens with zero attached hydrogens (tertiary/aromatic N) is 1. The second kappa shape index (κ2) is 8.80. The van der Waals surface area contributed by atoms with E-state index in [0.717, 1.165) is 31.7 Å². The van der Waals surface area contributed by atoms with E-state index < -0.39 is 5.54 Å². The Labute approximate surface area is 128 Å². The average molecular weight is 291 g/mol. The zero-order chi connectivity index (χ0) is 15.7. The molecule has 21 heavy (non-hydrogen) atoms. The normalized spacial score (nSPS) is 14.1. The van der Waals surface area contributed by atoms with Gasteiger partial charge in [0.15, 0.2) is 0 Å². The number of nitrogens with two attached hydrogens (primary N) is 1. The van der Waals surface area contributed by atoms with Gasteiger partial charge >= 0.3 is 0 Å². The van der Waals surface area contributed by atoms with Crippen molar-refractivity contribution in [3.8, 4) is 0 Å². The summed E-state index contributed by atoms with van der Waals surface area (Å²) >= 11 is 0. The molecule has 0 aliphatic carbocycles. The fourth-order valence-corrected chi connectivity index (χ4v) is 2.60. The Morgan fingerprint density at radius 3 is 2.29 bits per heavy atom. The molecule has 0 fully saturated rings. The number of amides is 1. The highest BCUT2D eigenvalue weighted by Crippen LogP contribution is 2.17. The van der Waals surface area contributed by atoms with Crippen LogP contribution in [-0.2, 0) is 11.2 Å². The Morgan fingerprint density at radius 2 is 1.81 bits per heavy atom. The van der Waals surface area contributed by atoms with Gasteiger partial charge in [-0.05, 0) is 31.5 Å². The van der Waals surface area contributed by atoms with E-state index >= 15 is 0 Å². The molecule has 0 saturated carbocycles. The maximum atomic E-state index is 12.0. The number of benzene rings is 1. The van der Waals surface area contributed by atoms with Crippen molar-refractivity contribution in [2.24, 2.45) is 5.73 Å². The van der Waals surface area contributed by atoms with Gasteiger partial charge in [0.25, 0.3) is 0 Å². The number of carbonyl (C=O) groups excluding carboxylic acids is 1. The molecule has 1 amide bonds. The van der Waals surface area contributed by atoms with Crippen molar-refractivity contribution < 1.29 is 4.79 Å². The second-order valence-electron chi connectivity index (χ2n) is 5.42. The Bertz CT molecular complexity index is 417. The number of hydrogen-bond acceptors (Lipinski definition) is 3. The second-order valence-corrected chi connectivity index (χ2v) is 5.42. The van der Waals surface area contributed by atoms with Gasteiger partial charge in [0.1, 0.15) is 5.54 Å². The summed E-state index contributed by atoms with van der Waals surface area (Å²) in [6, 6.07) is 10.0. The standard InChI is InChI=1S/C17H29N3O/c1-4-17(16(18)21,14-15-10-8-7-9-11-15)19-12-13-20(5-2)6-3/h7-11,19H,4-6,12-14H2,1-3H3,(H2,18,21). The molecule has 4 nitrogen and oxygen atoms in total. The Kier molecular flexibility index (Phi) is 7.40. The molecule has 0 aliphatic rings. The average Bonchev–Trinajstić information content (AvgIpc) is 2.51. The molecule has 1 atom stereocenters. The minimum absolute atomic E-state index is 0.270. The van der Waals surface area contributed by atoms with Crippen LogP contribution < -0.4 is 11.1 Å². The van der Waals surface area contributed by atoms with Crippen LogP contribution in [0.25, 0.3) is 0 Å². The van der Waals surface area contributed by atoms with Crippen LogP contribution >= 0.6 is 0 Å². The molecule has 0 aromatic heterocycles. The first-order valence-corrected chi connectivity index (χ1v) is 7.89. The maximum absolute atomic E-state index is 12.0. The molecule has 0 bridgehead atoms. The first-order chi connectivity index (χ1) is 10.1. The van der Waals surface area contributed by atoms with Crippen molar-refractivity contribution in [2.75, 3.05) is 26.2 Å². The highest BCUT2D eigenvalue weighted by Gasteiger charge is 2.34. The number of hydrogen-bond donors (Lipinski definition) is 2. The SMILES string of the molecule is CCN(CC)CCNC(CC)(Cc1ccccc1)C(N)=O. The molecule has 1 aromatic carbocycles. The van der Waals surface area contributed by atoms with Crippen LogP contribution in [-0.4, -0.2) is 42.5 Å². The molecule has 4 heteroatoms. The van der Waals surface area contributed by atoms with Crippen LogP contribution in [0.3, 0.4) is 0 Å². The molecule has 0 heterocycles. The third-order valence-electron chi connectivity index (χ3n) is 4.21. The first-order valence-electron chi connectivity index (χ1n) is 7.89. The highest BCUT2D eigenvalue weighted by molar-refractivity contribution is 5.85. The van der Waals surface area contributed by atoms with Gasteiger partial charge in [-0.1, -0.05) is 51.1 Å². The summed E-state index contributed by atoms with van der Waals surface area (Å²) in [5.41, 5.74) is 6.17. The van der Waals surface area contributed by atoms with Crippen molar-refractivity contribution in [1.82, 2.24) is 10.2 Å². The lowest BCUT2D eigenvalue weighted by atomic mass is 9.87. The smallest absolute Gasteiger partial charge is 0.238 e. The predicted molar refractivity (Wildman–Crippen MR) is 88.2 cm³/mol. The van der Waals surface area contributed by atoms with Crippen LogP contribution in [0.1, 0.15) is 32.8 Å². The van der Waals surface area contributed by atoms with Gasteiger partial charge in [0.2, 0.25) is 5.91 Å². The van der Waals surface area contributed by atoms with Crippen molar-refractivity contribution >= 4 is 5.91 Å². The molecule has 3 N–H and O–H groups in total. The third kappa shape index (κ3) is 5.14. The van der Waals surface area contributed by atoms with Crippen LogP contribution in [0, 0.1) is 0 Å². The maximum Gasteiger partial charge on any atom is 0.238 e. The van der Waals surface area contributed by atoms with E-state index in [1.165, 1.54) is 0 Å². The lowest BCUT2D eigenvalue weighted by Gasteiger charge is -2.32. The van der Waals surface area contributed by atoms with Gasteiger partial charge in [-0.2, -0.15) is 0 Å². The van der Waals surface area contributed by atoms with Gasteiger partial charge < -0.3 is 16.0 Å². The third-order valence-corrected chi connectivity index (χ3v) is 4.21. The van der Waals surface area contributed by atoms with Crippen LogP contribution in [0.15, 0.2) is 30.3 Å².